The molecule has 0 aromatic carbocycles. The topological polar surface area (TPSA) is 49.7 Å². The summed E-state index contributed by atoms with van der Waals surface area (Å²) in [5, 5.41) is 18.7. The van der Waals surface area contributed by atoms with Gasteiger partial charge in [-0.25, -0.2) is 0 Å². The molecule has 0 radical (unpaired) electrons. The molecule has 0 aromatic rings. The molecule has 4 bridgehead atoms. The third-order valence-corrected chi connectivity index (χ3v) is 8.26. The second-order valence-corrected chi connectivity index (χ2v) is 10.7. The molecule has 3 atom stereocenters. The van der Waals surface area contributed by atoms with E-state index in [9.17, 15) is 89.2 Å². The highest BCUT2D eigenvalue weighted by Crippen LogP contribution is 2.72. The van der Waals surface area contributed by atoms with Gasteiger partial charge in [-0.3, -0.25) is 0 Å². The van der Waals surface area contributed by atoms with Crippen LogP contribution >= 0.6 is 0 Å². The lowest BCUT2D eigenvalue weighted by atomic mass is 9.75. The quantitative estimate of drug-likeness (QED) is 0.279. The molecule has 21 heteroatoms. The summed E-state index contributed by atoms with van der Waals surface area (Å²) in [5.74, 6) is -7.09. The number of aliphatic hydroxyl groups is 2. The number of rotatable bonds is 8. The van der Waals surface area contributed by atoms with Crippen LogP contribution in [0, 0.1) is 29.6 Å². The largest absolute Gasteiger partial charge is 0.426 e. The first-order valence-electron chi connectivity index (χ1n) is 11.4. The molecule has 4 aliphatic rings. The zero-order valence-corrected chi connectivity index (χ0v) is 19.6. The lowest BCUT2D eigenvalue weighted by molar-refractivity contribution is -0.406. The van der Waals surface area contributed by atoms with Crippen LogP contribution in [0.1, 0.15) is 32.1 Å². The van der Waals surface area contributed by atoms with Gasteiger partial charge >= 0.3 is 37.1 Å². The maximum Gasteiger partial charge on any atom is 0.426 e. The van der Waals surface area contributed by atoms with Crippen molar-refractivity contribution in [2.75, 3.05) is 0 Å². The smallest absolute Gasteiger partial charge is 0.374 e. The second-order valence-electron chi connectivity index (χ2n) is 10.7. The van der Waals surface area contributed by atoms with Crippen molar-refractivity contribution in [3.63, 3.8) is 0 Å². The van der Waals surface area contributed by atoms with E-state index in [4.69, 9.17) is 0 Å². The van der Waals surface area contributed by atoms with Crippen LogP contribution in [-0.4, -0.2) is 70.2 Å². The number of halogens is 18. The van der Waals surface area contributed by atoms with Gasteiger partial charge in [-0.15, -0.1) is 0 Å². The summed E-state index contributed by atoms with van der Waals surface area (Å²) >= 11 is 0. The Bertz CT molecular complexity index is 875. The molecule has 41 heavy (non-hydrogen) atoms. The van der Waals surface area contributed by atoms with Gasteiger partial charge in [-0.1, -0.05) is 0 Å². The Balaban J connectivity index is 2.19. The molecule has 0 amide bonds. The standard InChI is InChI=1S/C20H18F18O3/c21-15(22,23)12(39,16(24,25)26)3-6(4-13(40,17(27,28)29)18(30,31)32)5-14(19(33,34)35,20(36,37)38)41-11-7-1-8-9(2-7)10(8)11/h6-11,39-40H,1-5H2. The van der Waals surface area contributed by atoms with Crippen LogP contribution in [0.3, 0.4) is 0 Å². The molecule has 242 valence electrons. The van der Waals surface area contributed by atoms with Crippen molar-refractivity contribution in [2.45, 2.75) is 92.1 Å². The molecule has 4 aliphatic carbocycles. The summed E-state index contributed by atoms with van der Waals surface area (Å²) < 4.78 is 248. The van der Waals surface area contributed by atoms with E-state index in [0.717, 1.165) is 0 Å². The Labute approximate surface area is 216 Å². The molecule has 0 aromatic heterocycles. The molecule has 0 heterocycles. The van der Waals surface area contributed by atoms with Crippen molar-refractivity contribution in [3.8, 4) is 0 Å². The Hall–Kier alpha value is -1.38. The zero-order valence-electron chi connectivity index (χ0n) is 19.6. The van der Waals surface area contributed by atoms with Crippen LogP contribution in [0.4, 0.5) is 79.0 Å². The molecule has 0 aliphatic heterocycles. The Morgan fingerprint density at radius 1 is 0.512 bits per heavy atom. The summed E-state index contributed by atoms with van der Waals surface area (Å²) in [6.07, 6.45) is -54.6. The van der Waals surface area contributed by atoms with Crippen LogP contribution in [0.2, 0.25) is 0 Å². The van der Waals surface area contributed by atoms with Crippen molar-refractivity contribution in [2.24, 2.45) is 29.6 Å². The Morgan fingerprint density at radius 3 is 1.05 bits per heavy atom. The van der Waals surface area contributed by atoms with Crippen LogP contribution in [0.25, 0.3) is 0 Å². The number of alkyl halides is 18. The maximum atomic E-state index is 14.1. The van der Waals surface area contributed by atoms with Gasteiger partial charge in [0, 0.05) is 0 Å². The van der Waals surface area contributed by atoms with E-state index in [1.54, 1.807) is 0 Å². The molecule has 4 saturated carbocycles. The Morgan fingerprint density at radius 2 is 0.829 bits per heavy atom. The fourth-order valence-corrected chi connectivity index (χ4v) is 6.23. The second kappa shape index (κ2) is 9.31. The third-order valence-electron chi connectivity index (χ3n) is 8.26. The fraction of sp³-hybridized carbons (Fsp3) is 1.00. The maximum absolute atomic E-state index is 14.1. The predicted molar refractivity (Wildman–Crippen MR) is 94.4 cm³/mol. The zero-order chi connectivity index (χ0) is 32.2. The minimum atomic E-state index is -7.08. The SMILES string of the molecule is OC(CC(CC(O)(C(F)(F)F)C(F)(F)F)CC(OC1C2CC3C(C2)C31)(C(F)(F)F)C(F)(F)F)(C(F)(F)F)C(F)(F)F. The first kappa shape index (κ1) is 34.1. The number of hydrogen-bond acceptors (Lipinski definition) is 3. The van der Waals surface area contributed by atoms with Gasteiger partial charge in [0.1, 0.15) is 0 Å². The molecule has 3 nitrogen and oxygen atoms in total. The van der Waals surface area contributed by atoms with Gasteiger partial charge in [0.2, 0.25) is 0 Å². The van der Waals surface area contributed by atoms with Crippen LogP contribution in [-0.2, 0) is 4.74 Å². The van der Waals surface area contributed by atoms with Crippen LogP contribution in [0.5, 0.6) is 0 Å². The average Bonchev–Trinajstić information content (AvgIpc) is 3.01. The van der Waals surface area contributed by atoms with E-state index in [-0.39, 0.29) is 12.8 Å². The van der Waals surface area contributed by atoms with E-state index in [1.807, 2.05) is 0 Å². The summed E-state index contributed by atoms with van der Waals surface area (Å²) in [6, 6.07) is 0. The Kier molecular flexibility index (Phi) is 7.75. The van der Waals surface area contributed by atoms with Gasteiger partial charge < -0.3 is 14.9 Å². The highest BCUT2D eigenvalue weighted by molar-refractivity contribution is 5.19. The molecular formula is C20H18F18O3. The van der Waals surface area contributed by atoms with E-state index in [1.165, 1.54) is 0 Å². The van der Waals surface area contributed by atoms with Crippen molar-refractivity contribution >= 4 is 0 Å². The minimum Gasteiger partial charge on any atom is -0.374 e. The van der Waals surface area contributed by atoms with Crippen molar-refractivity contribution < 1.29 is 94.0 Å². The lowest BCUT2D eigenvalue weighted by Gasteiger charge is -2.45. The van der Waals surface area contributed by atoms with E-state index in [0.29, 0.717) is 0 Å². The lowest BCUT2D eigenvalue weighted by Crippen LogP contribution is -2.64. The van der Waals surface area contributed by atoms with E-state index < -0.39 is 109 Å². The normalized spacial score (nSPS) is 28.2. The average molecular weight is 648 g/mol. The van der Waals surface area contributed by atoms with Gasteiger partial charge in [-0.2, -0.15) is 79.0 Å². The first-order chi connectivity index (χ1) is 17.8. The molecule has 3 unspecified atom stereocenters. The first-order valence-corrected chi connectivity index (χ1v) is 11.4. The number of ether oxygens (including phenoxy) is 1. The van der Waals surface area contributed by atoms with Crippen molar-refractivity contribution in [3.05, 3.63) is 0 Å². The van der Waals surface area contributed by atoms with E-state index in [2.05, 4.69) is 4.74 Å². The monoisotopic (exact) mass is 648 g/mol. The fourth-order valence-electron chi connectivity index (χ4n) is 6.23. The summed E-state index contributed by atoms with van der Waals surface area (Å²) in [4.78, 5) is 0. The molecular weight excluding hydrogens is 630 g/mol. The summed E-state index contributed by atoms with van der Waals surface area (Å²) in [6.45, 7) is 0. The van der Waals surface area contributed by atoms with Crippen LogP contribution < -0.4 is 0 Å². The third kappa shape index (κ3) is 5.32. The van der Waals surface area contributed by atoms with E-state index >= 15 is 0 Å². The van der Waals surface area contributed by atoms with Gasteiger partial charge in [-0.05, 0) is 61.7 Å². The van der Waals surface area contributed by atoms with Gasteiger partial charge in [0.15, 0.2) is 0 Å². The molecule has 4 fully saturated rings. The molecule has 0 saturated heterocycles. The molecule has 4 rings (SSSR count). The highest BCUT2D eigenvalue weighted by Gasteiger charge is 2.80. The predicted octanol–water partition coefficient (Wildman–Crippen LogP) is 7.02. The van der Waals surface area contributed by atoms with Crippen molar-refractivity contribution in [1.29, 1.82) is 0 Å². The van der Waals surface area contributed by atoms with Crippen molar-refractivity contribution in [1.82, 2.24) is 0 Å². The summed E-state index contributed by atoms with van der Waals surface area (Å²) in [7, 11) is 0. The molecule has 0 spiro atoms. The van der Waals surface area contributed by atoms with Gasteiger partial charge in [0.25, 0.3) is 16.8 Å². The van der Waals surface area contributed by atoms with Gasteiger partial charge in [0.05, 0.1) is 6.10 Å². The molecule has 2 N–H and O–H groups in total. The number of hydrogen-bond donors (Lipinski definition) is 2. The summed E-state index contributed by atoms with van der Waals surface area (Å²) in [5.41, 5.74) is -18.7. The highest BCUT2D eigenvalue weighted by atomic mass is 19.4. The minimum absolute atomic E-state index is 0.0268. The van der Waals surface area contributed by atoms with Crippen LogP contribution in [0.15, 0.2) is 0 Å².